The van der Waals surface area contributed by atoms with Crippen LogP contribution < -0.4 is 4.74 Å². The maximum atomic E-state index is 12.3. The van der Waals surface area contributed by atoms with Crippen molar-refractivity contribution in [3.8, 4) is 17.2 Å². The van der Waals surface area contributed by atoms with Gasteiger partial charge in [-0.3, -0.25) is 14.5 Å². The fourth-order valence-corrected chi connectivity index (χ4v) is 3.00. The van der Waals surface area contributed by atoms with E-state index in [0.717, 1.165) is 17.7 Å². The smallest absolute Gasteiger partial charge is 0.261 e. The Balaban J connectivity index is 1.23. The van der Waals surface area contributed by atoms with Crippen LogP contribution in [0, 0.1) is 0 Å². The molecule has 27 heavy (non-hydrogen) atoms. The van der Waals surface area contributed by atoms with Crippen LogP contribution in [0.4, 0.5) is 0 Å². The van der Waals surface area contributed by atoms with Crippen molar-refractivity contribution in [2.75, 3.05) is 13.2 Å². The minimum Gasteiger partial charge on any atom is -0.494 e. The molecule has 0 saturated carbocycles. The summed E-state index contributed by atoms with van der Waals surface area (Å²) in [6.45, 7) is 0.898. The van der Waals surface area contributed by atoms with E-state index in [9.17, 15) is 9.59 Å². The van der Waals surface area contributed by atoms with E-state index in [-0.39, 0.29) is 11.8 Å². The number of imide groups is 1. The summed E-state index contributed by atoms with van der Waals surface area (Å²) in [5.41, 5.74) is 1.80. The Morgan fingerprint density at radius 2 is 1.63 bits per heavy atom. The van der Waals surface area contributed by atoms with E-state index >= 15 is 0 Å². The first-order valence-electron chi connectivity index (χ1n) is 8.68. The third kappa shape index (κ3) is 3.44. The zero-order valence-corrected chi connectivity index (χ0v) is 14.5. The normalized spacial score (nSPS) is 13.1. The average molecular weight is 363 g/mol. The zero-order chi connectivity index (χ0) is 18.6. The lowest BCUT2D eigenvalue weighted by Gasteiger charge is -2.13. The molecular weight excluding hydrogens is 346 g/mol. The number of benzene rings is 2. The number of ether oxygens (including phenoxy) is 1. The second-order valence-corrected chi connectivity index (χ2v) is 6.13. The average Bonchev–Trinajstić information content (AvgIpc) is 3.32. The van der Waals surface area contributed by atoms with E-state index in [0.29, 0.717) is 36.6 Å². The van der Waals surface area contributed by atoms with Crippen molar-refractivity contribution < 1.29 is 18.7 Å². The van der Waals surface area contributed by atoms with Crippen LogP contribution in [0.15, 0.2) is 59.3 Å². The lowest BCUT2D eigenvalue weighted by atomic mass is 10.1. The van der Waals surface area contributed by atoms with Gasteiger partial charge in [0, 0.05) is 12.1 Å². The number of hydrogen-bond acceptors (Lipinski definition) is 6. The predicted octanol–water partition coefficient (Wildman–Crippen LogP) is 3.19. The fraction of sp³-hybridized carbons (Fsp3) is 0.200. The lowest BCUT2D eigenvalue weighted by Crippen LogP contribution is -2.30. The molecule has 0 atom stereocenters. The molecule has 2 amide bonds. The first-order valence-corrected chi connectivity index (χ1v) is 8.68. The summed E-state index contributed by atoms with van der Waals surface area (Å²) >= 11 is 0. The van der Waals surface area contributed by atoms with Gasteiger partial charge in [0.15, 0.2) is 0 Å². The molecule has 1 aromatic heterocycles. The van der Waals surface area contributed by atoms with Gasteiger partial charge in [-0.15, -0.1) is 10.2 Å². The SMILES string of the molecule is O=C1c2ccccc2C(=O)N1CCCCOc1ccc(-c2nnco2)cc1. The molecule has 1 aliphatic rings. The zero-order valence-electron chi connectivity index (χ0n) is 14.5. The number of unbranched alkanes of at least 4 members (excludes halogenated alkanes) is 1. The molecule has 0 fully saturated rings. The molecule has 2 heterocycles. The number of nitrogens with zero attached hydrogens (tertiary/aromatic N) is 3. The Morgan fingerprint density at radius 3 is 2.26 bits per heavy atom. The molecular formula is C20H17N3O4. The molecule has 0 saturated heterocycles. The van der Waals surface area contributed by atoms with Crippen molar-refractivity contribution in [1.29, 1.82) is 0 Å². The topological polar surface area (TPSA) is 85.5 Å². The molecule has 0 radical (unpaired) electrons. The van der Waals surface area contributed by atoms with Crippen LogP contribution in [0.25, 0.3) is 11.5 Å². The highest BCUT2D eigenvalue weighted by molar-refractivity contribution is 6.21. The van der Waals surface area contributed by atoms with Gasteiger partial charge in [-0.2, -0.15) is 0 Å². The Labute approximate surface area is 155 Å². The van der Waals surface area contributed by atoms with Gasteiger partial charge in [-0.25, -0.2) is 0 Å². The van der Waals surface area contributed by atoms with E-state index < -0.39 is 0 Å². The number of carbonyl (C=O) groups is 2. The van der Waals surface area contributed by atoms with Crippen LogP contribution in [0.2, 0.25) is 0 Å². The standard InChI is InChI=1S/C20H17N3O4/c24-19-16-5-1-2-6-17(16)20(25)23(19)11-3-4-12-26-15-9-7-14(8-10-15)18-22-21-13-27-18/h1-2,5-10,13H,3-4,11-12H2. The maximum Gasteiger partial charge on any atom is 0.261 e. The van der Waals surface area contributed by atoms with Gasteiger partial charge in [0.05, 0.1) is 17.7 Å². The summed E-state index contributed by atoms with van der Waals surface area (Å²) in [6, 6.07) is 14.3. The lowest BCUT2D eigenvalue weighted by molar-refractivity contribution is 0.0649. The maximum absolute atomic E-state index is 12.3. The van der Waals surface area contributed by atoms with Crippen LogP contribution >= 0.6 is 0 Å². The number of fused-ring (bicyclic) bond motifs is 1. The van der Waals surface area contributed by atoms with E-state index in [2.05, 4.69) is 10.2 Å². The second-order valence-electron chi connectivity index (χ2n) is 6.13. The largest absolute Gasteiger partial charge is 0.494 e. The van der Waals surface area contributed by atoms with Gasteiger partial charge in [0.25, 0.3) is 11.8 Å². The number of carbonyl (C=O) groups excluding carboxylic acids is 2. The summed E-state index contributed by atoms with van der Waals surface area (Å²) in [5, 5.41) is 7.50. The van der Waals surface area contributed by atoms with Crippen LogP contribution in [0.3, 0.4) is 0 Å². The number of aromatic nitrogens is 2. The number of hydrogen-bond donors (Lipinski definition) is 0. The fourth-order valence-electron chi connectivity index (χ4n) is 3.00. The van der Waals surface area contributed by atoms with Crippen LogP contribution in [0.1, 0.15) is 33.6 Å². The third-order valence-electron chi connectivity index (χ3n) is 4.38. The van der Waals surface area contributed by atoms with Crippen LogP contribution in [0.5, 0.6) is 5.75 Å². The van der Waals surface area contributed by atoms with Crippen LogP contribution in [-0.4, -0.2) is 40.1 Å². The molecule has 0 unspecified atom stereocenters. The molecule has 136 valence electrons. The number of rotatable bonds is 7. The van der Waals surface area contributed by atoms with Gasteiger partial charge in [0.1, 0.15) is 5.75 Å². The molecule has 0 bridgehead atoms. The summed E-state index contributed by atoms with van der Waals surface area (Å²) in [4.78, 5) is 25.9. The quantitative estimate of drug-likeness (QED) is 0.473. The molecule has 0 spiro atoms. The second kappa shape index (κ2) is 7.41. The summed E-state index contributed by atoms with van der Waals surface area (Å²) in [5.74, 6) is 0.766. The van der Waals surface area contributed by atoms with Gasteiger partial charge >= 0.3 is 0 Å². The van der Waals surface area contributed by atoms with Crippen molar-refractivity contribution >= 4 is 11.8 Å². The summed E-state index contributed by atoms with van der Waals surface area (Å²) in [7, 11) is 0. The Kier molecular flexibility index (Phi) is 4.65. The van der Waals surface area contributed by atoms with Crippen molar-refractivity contribution in [3.63, 3.8) is 0 Å². The van der Waals surface area contributed by atoms with Crippen molar-refractivity contribution in [2.45, 2.75) is 12.8 Å². The first-order chi connectivity index (χ1) is 13.2. The van der Waals surface area contributed by atoms with E-state index in [1.165, 1.54) is 11.3 Å². The molecule has 0 aliphatic carbocycles. The van der Waals surface area contributed by atoms with Gasteiger partial charge in [-0.1, -0.05) is 12.1 Å². The highest BCUT2D eigenvalue weighted by Crippen LogP contribution is 2.23. The Morgan fingerprint density at radius 1 is 0.926 bits per heavy atom. The van der Waals surface area contributed by atoms with Crippen molar-refractivity contribution in [2.24, 2.45) is 0 Å². The summed E-state index contributed by atoms with van der Waals surface area (Å²) in [6.07, 6.45) is 2.71. The highest BCUT2D eigenvalue weighted by Gasteiger charge is 2.34. The molecule has 0 N–H and O–H groups in total. The minimum absolute atomic E-state index is 0.215. The molecule has 7 nitrogen and oxygen atoms in total. The van der Waals surface area contributed by atoms with E-state index in [1.807, 2.05) is 24.3 Å². The van der Waals surface area contributed by atoms with Gasteiger partial charge in [-0.05, 0) is 49.2 Å². The van der Waals surface area contributed by atoms with E-state index in [1.54, 1.807) is 24.3 Å². The molecule has 1 aliphatic heterocycles. The minimum atomic E-state index is -0.215. The van der Waals surface area contributed by atoms with E-state index in [4.69, 9.17) is 9.15 Å². The highest BCUT2D eigenvalue weighted by atomic mass is 16.5. The van der Waals surface area contributed by atoms with Crippen molar-refractivity contribution in [1.82, 2.24) is 15.1 Å². The Hall–Kier alpha value is -3.48. The summed E-state index contributed by atoms with van der Waals surface area (Å²) < 4.78 is 10.8. The molecule has 7 heteroatoms. The Bertz CT molecular complexity index is 917. The molecule has 4 rings (SSSR count). The van der Waals surface area contributed by atoms with Gasteiger partial charge in [0.2, 0.25) is 12.3 Å². The third-order valence-corrected chi connectivity index (χ3v) is 4.38. The molecule has 2 aromatic carbocycles. The number of amides is 2. The first kappa shape index (κ1) is 17.0. The van der Waals surface area contributed by atoms with Crippen LogP contribution in [-0.2, 0) is 0 Å². The molecule has 3 aromatic rings. The van der Waals surface area contributed by atoms with Crippen molar-refractivity contribution in [3.05, 3.63) is 66.1 Å². The van der Waals surface area contributed by atoms with Gasteiger partial charge < -0.3 is 9.15 Å². The monoisotopic (exact) mass is 363 g/mol. The predicted molar refractivity (Wildman–Crippen MR) is 96.3 cm³/mol.